The van der Waals surface area contributed by atoms with Crippen molar-refractivity contribution in [3.8, 4) is 0 Å². The van der Waals surface area contributed by atoms with E-state index in [1.807, 2.05) is 0 Å². The van der Waals surface area contributed by atoms with Crippen LogP contribution in [-0.2, 0) is 9.13 Å². The fourth-order valence-corrected chi connectivity index (χ4v) is 0. The number of hydrogen-bond acceptors (Lipinski definition) is 6. The molecule has 0 saturated carbocycles. The number of hydrogen-bond donors (Lipinski definition) is 4. The first-order chi connectivity index (χ1) is 3.41. The molecular weight excluding hydrogens is 228 g/mol. The zero-order valence-electron chi connectivity index (χ0n) is 4.61. The topological polar surface area (TPSA) is 115 Å². The van der Waals surface area contributed by atoms with E-state index in [9.17, 15) is 0 Å². The Bertz CT molecular complexity index is 73.5. The van der Waals surface area contributed by atoms with Crippen molar-refractivity contribution in [2.24, 2.45) is 0 Å². The average Bonchev–Trinajstić information content (AvgIpc) is 1.27. The summed E-state index contributed by atoms with van der Waals surface area (Å²) in [4.78, 5) is 29.3. The summed E-state index contributed by atoms with van der Waals surface area (Å²) in [6, 6.07) is 0. The van der Waals surface area contributed by atoms with Crippen molar-refractivity contribution < 1.29 is 28.3 Å². The second-order valence-corrected chi connectivity index (χ2v) is 2.05. The number of rotatable bonds is 0. The van der Waals surface area contributed by atoms with Crippen LogP contribution in [0.2, 0.25) is 0 Å². The second kappa shape index (κ2) is 8.50. The Morgan fingerprint density at radius 2 is 1.00 bits per heavy atom. The van der Waals surface area contributed by atoms with Gasteiger partial charge in [0.1, 0.15) is 0 Å². The second-order valence-electron chi connectivity index (χ2n) is 0.683. The van der Waals surface area contributed by atoms with Gasteiger partial charge in [0.05, 0.1) is 0 Å². The molecule has 0 aliphatic heterocycles. The van der Waals surface area contributed by atoms with Crippen molar-refractivity contribution in [1.29, 1.82) is 0 Å². The standard InChI is InChI=1S/GeH3.H4O4Si.HO2P/c;1-5(2,3)4;1-3-2/h1H3;1-4H;3H. The normalized spacial score (nSPS) is 8.00. The Labute approximate surface area is 63.9 Å². The summed E-state index contributed by atoms with van der Waals surface area (Å²) in [5.74, 6) is 0. The van der Waals surface area contributed by atoms with E-state index in [2.05, 4.69) is 0 Å². The van der Waals surface area contributed by atoms with Crippen LogP contribution < -0.4 is 0 Å². The van der Waals surface area contributed by atoms with Gasteiger partial charge in [-0.2, -0.15) is 0 Å². The van der Waals surface area contributed by atoms with E-state index >= 15 is 0 Å². The van der Waals surface area contributed by atoms with Crippen molar-refractivity contribution in [2.45, 2.75) is 0 Å². The van der Waals surface area contributed by atoms with Crippen molar-refractivity contribution in [1.82, 2.24) is 0 Å². The van der Waals surface area contributed by atoms with Gasteiger partial charge in [-0.25, -0.2) is 9.13 Å². The fraction of sp³-hybridized carbons (Fsp3) is 0. The van der Waals surface area contributed by atoms with Gasteiger partial charge in [0.2, 0.25) is 0 Å². The maximum absolute atomic E-state index is 8.40. The van der Waals surface area contributed by atoms with Crippen LogP contribution in [-0.4, -0.2) is 45.8 Å². The van der Waals surface area contributed by atoms with Crippen LogP contribution in [0.5, 0.6) is 0 Å². The van der Waals surface area contributed by atoms with Crippen molar-refractivity contribution in [3.05, 3.63) is 0 Å². The fourth-order valence-electron chi connectivity index (χ4n) is 0. The van der Waals surface area contributed by atoms with Crippen molar-refractivity contribution in [3.63, 3.8) is 0 Å². The summed E-state index contributed by atoms with van der Waals surface area (Å²) in [5, 5.41) is 0. The maximum atomic E-state index is 8.40. The molecule has 0 heterocycles. The van der Waals surface area contributed by atoms with Gasteiger partial charge in [-0.05, 0) is 0 Å². The Morgan fingerprint density at radius 3 is 1.00 bits per heavy atom. The van der Waals surface area contributed by atoms with Gasteiger partial charge in [0, 0.05) is 0 Å². The molecule has 0 amide bonds. The van der Waals surface area contributed by atoms with E-state index in [-0.39, 0.29) is 17.6 Å². The molecule has 6 nitrogen and oxygen atoms in total. The molecule has 0 bridgehead atoms. The molecule has 0 atom stereocenters. The summed E-state index contributed by atoms with van der Waals surface area (Å²) >= 11 is 0. The Hall–Kier alpha value is 0.500. The van der Waals surface area contributed by atoms with Crippen LogP contribution in [0.3, 0.4) is 0 Å². The summed E-state index contributed by atoms with van der Waals surface area (Å²) in [6.07, 6.45) is 0. The van der Waals surface area contributed by atoms with Gasteiger partial charge >= 0.3 is 35.0 Å². The third-order valence-corrected chi connectivity index (χ3v) is 0. The summed E-state index contributed by atoms with van der Waals surface area (Å²) in [5.41, 5.74) is 0. The molecule has 0 unspecified atom stereocenters. The van der Waals surface area contributed by atoms with E-state index < -0.39 is 17.4 Å². The molecule has 0 aromatic heterocycles. The Morgan fingerprint density at radius 1 is 1.00 bits per heavy atom. The van der Waals surface area contributed by atoms with Crippen molar-refractivity contribution >= 4 is 35.0 Å². The quantitative estimate of drug-likeness (QED) is 0.257. The monoisotopic (exact) mass is 237 g/mol. The van der Waals surface area contributed by atoms with E-state index in [0.717, 1.165) is 0 Å². The minimum atomic E-state index is -4.61. The van der Waals surface area contributed by atoms with E-state index in [4.69, 9.17) is 28.3 Å². The Balaban J connectivity index is -0.0000000800. The molecule has 0 aromatic rings. The SMILES string of the molecule is O=[PH]=O.O[Si](O)(O)O.[GeH3]. The van der Waals surface area contributed by atoms with Crippen LogP contribution in [0.4, 0.5) is 0 Å². The summed E-state index contributed by atoms with van der Waals surface area (Å²) < 4.78 is 16.8. The van der Waals surface area contributed by atoms with Gasteiger partial charge in [-0.1, -0.05) is 0 Å². The molecule has 4 N–H and O–H groups in total. The zero-order valence-corrected chi connectivity index (χ0v) is 10.8. The molecule has 9 heteroatoms. The molecule has 0 spiro atoms. The molecule has 0 fully saturated rings. The van der Waals surface area contributed by atoms with E-state index in [0.29, 0.717) is 0 Å². The first-order valence-corrected chi connectivity index (χ1v) is 3.91. The van der Waals surface area contributed by atoms with Gasteiger partial charge < -0.3 is 19.2 Å². The molecule has 0 rings (SSSR count). The molecule has 0 aliphatic carbocycles. The first kappa shape index (κ1) is 16.2. The first-order valence-electron chi connectivity index (χ1n) is 1.30. The predicted molar refractivity (Wildman–Crippen MR) is 34.3 cm³/mol. The molecule has 9 heavy (non-hydrogen) atoms. The van der Waals surface area contributed by atoms with Crippen LogP contribution in [0.25, 0.3) is 0 Å². The third kappa shape index (κ3) is 1440. The molecule has 0 aromatic carbocycles. The van der Waals surface area contributed by atoms with Crippen LogP contribution in [0.15, 0.2) is 0 Å². The van der Waals surface area contributed by atoms with Gasteiger partial charge in [0.25, 0.3) is 0 Å². The minimum absolute atomic E-state index is 0. The van der Waals surface area contributed by atoms with Crippen molar-refractivity contribution in [2.75, 3.05) is 0 Å². The molecule has 0 saturated heterocycles. The van der Waals surface area contributed by atoms with Crippen LogP contribution in [0.1, 0.15) is 0 Å². The van der Waals surface area contributed by atoms with Gasteiger partial charge in [-0.3, -0.25) is 0 Å². The van der Waals surface area contributed by atoms with Gasteiger partial charge in [0.15, 0.2) is 0 Å². The zero-order chi connectivity index (χ0) is 7.21. The van der Waals surface area contributed by atoms with Crippen LogP contribution in [0, 0.1) is 0 Å². The molecule has 1 radical (unpaired) electrons. The molecule has 57 valence electrons. The molecular formula is H8GeO6PSi. The Kier molecular flexibility index (Phi) is 15.3. The third-order valence-electron chi connectivity index (χ3n) is 0. The van der Waals surface area contributed by atoms with E-state index in [1.165, 1.54) is 0 Å². The van der Waals surface area contributed by atoms with E-state index in [1.54, 1.807) is 0 Å². The van der Waals surface area contributed by atoms with Crippen LogP contribution >= 0.6 is 8.34 Å². The summed E-state index contributed by atoms with van der Waals surface area (Å²) in [6.45, 7) is 0. The van der Waals surface area contributed by atoms with Gasteiger partial charge in [-0.15, -0.1) is 0 Å². The summed E-state index contributed by atoms with van der Waals surface area (Å²) in [7, 11) is -6.03. The average molecular weight is 236 g/mol. The molecule has 0 aliphatic rings. The predicted octanol–water partition coefficient (Wildman–Crippen LogP) is -3.44.